The Morgan fingerprint density at radius 2 is 2.14 bits per heavy atom. The van der Waals surface area contributed by atoms with Gasteiger partial charge in [0, 0.05) is 12.3 Å². The minimum atomic E-state index is -1.08. The lowest BCUT2D eigenvalue weighted by Gasteiger charge is -2.05. The van der Waals surface area contributed by atoms with Gasteiger partial charge in [0.05, 0.1) is 0 Å². The molecular weight excluding hydrogens is 277 g/mol. The van der Waals surface area contributed by atoms with Crippen molar-refractivity contribution >= 4 is 11.6 Å². The number of benzene rings is 1. The molecule has 2 aromatic heterocycles. The number of pyridine rings is 1. The van der Waals surface area contributed by atoms with Gasteiger partial charge in [0.25, 0.3) is 0 Å². The Kier molecular flexibility index (Phi) is 3.23. The molecule has 0 unspecified atom stereocenters. The van der Waals surface area contributed by atoms with E-state index in [0.29, 0.717) is 11.6 Å². The fourth-order valence-electron chi connectivity index (χ4n) is 1.93. The lowest BCUT2D eigenvalue weighted by Crippen LogP contribution is -2.04. The fourth-order valence-corrected chi connectivity index (χ4v) is 1.93. The molecule has 0 spiro atoms. The minimum absolute atomic E-state index is 0.0493. The number of fused-ring (bicyclic) bond motifs is 1. The van der Waals surface area contributed by atoms with E-state index in [0.717, 1.165) is 0 Å². The molecule has 0 saturated heterocycles. The van der Waals surface area contributed by atoms with E-state index >= 15 is 0 Å². The Hall–Kier alpha value is -2.96. The molecule has 3 rings (SSSR count). The highest BCUT2D eigenvalue weighted by Gasteiger charge is 2.14. The van der Waals surface area contributed by atoms with Gasteiger partial charge in [0.2, 0.25) is 0 Å². The predicted octanol–water partition coefficient (Wildman–Crippen LogP) is 2.15. The number of carboxylic acids is 1. The summed E-state index contributed by atoms with van der Waals surface area (Å²) in [4.78, 5) is 11.1. The van der Waals surface area contributed by atoms with Crippen LogP contribution in [0, 0.1) is 5.82 Å². The van der Waals surface area contributed by atoms with Crippen LogP contribution < -0.4 is 4.74 Å². The van der Waals surface area contributed by atoms with Gasteiger partial charge in [-0.15, -0.1) is 10.2 Å². The Balaban J connectivity index is 1.88. The second-order valence-electron chi connectivity index (χ2n) is 4.28. The Labute approximate surface area is 118 Å². The Morgan fingerprint density at radius 3 is 2.90 bits per heavy atom. The predicted molar refractivity (Wildman–Crippen MR) is 70.7 cm³/mol. The first kappa shape index (κ1) is 13.0. The van der Waals surface area contributed by atoms with Crippen molar-refractivity contribution in [2.45, 2.75) is 6.61 Å². The van der Waals surface area contributed by atoms with Crippen LogP contribution in [0.4, 0.5) is 4.39 Å². The van der Waals surface area contributed by atoms with Crippen molar-refractivity contribution in [3.63, 3.8) is 0 Å². The number of rotatable bonds is 4. The molecule has 6 nitrogen and oxygen atoms in total. The molecular formula is C14H10FN3O3. The summed E-state index contributed by atoms with van der Waals surface area (Å²) in [6.07, 6.45) is 1.64. The lowest BCUT2D eigenvalue weighted by molar-refractivity contribution is 0.0698. The van der Waals surface area contributed by atoms with Gasteiger partial charge >= 0.3 is 5.97 Å². The molecule has 21 heavy (non-hydrogen) atoms. The molecule has 7 heteroatoms. The number of ether oxygens (including phenoxy) is 1. The van der Waals surface area contributed by atoms with Gasteiger partial charge in [-0.2, -0.15) is 0 Å². The standard InChI is InChI=1S/C14H10FN3O3/c15-9-3-1-4-10(7-9)21-8-12-16-17-13-11(14(19)20)5-2-6-18(12)13/h1-7H,8H2,(H,19,20). The van der Waals surface area contributed by atoms with Crippen LogP contribution in [0.3, 0.4) is 0 Å². The molecule has 0 bridgehead atoms. The van der Waals surface area contributed by atoms with E-state index in [1.165, 1.54) is 28.7 Å². The maximum absolute atomic E-state index is 13.0. The van der Waals surface area contributed by atoms with Crippen LogP contribution in [0.25, 0.3) is 5.65 Å². The molecule has 0 saturated carbocycles. The third-order valence-corrected chi connectivity index (χ3v) is 2.90. The highest BCUT2D eigenvalue weighted by molar-refractivity contribution is 5.94. The molecule has 3 aromatic rings. The molecule has 0 radical (unpaired) electrons. The van der Waals surface area contributed by atoms with Crippen molar-refractivity contribution < 1.29 is 19.0 Å². The smallest absolute Gasteiger partial charge is 0.339 e. The van der Waals surface area contributed by atoms with Gasteiger partial charge in [0.1, 0.15) is 23.7 Å². The highest BCUT2D eigenvalue weighted by Crippen LogP contribution is 2.15. The molecule has 1 N–H and O–H groups in total. The monoisotopic (exact) mass is 287 g/mol. The summed E-state index contributed by atoms with van der Waals surface area (Å²) in [6.45, 7) is 0.0493. The van der Waals surface area contributed by atoms with Crippen LogP contribution in [-0.4, -0.2) is 25.7 Å². The van der Waals surface area contributed by atoms with Crippen LogP contribution in [0.15, 0.2) is 42.6 Å². The third kappa shape index (κ3) is 2.53. The van der Waals surface area contributed by atoms with E-state index in [1.807, 2.05) is 0 Å². The Morgan fingerprint density at radius 1 is 1.29 bits per heavy atom. The number of nitrogens with zero attached hydrogens (tertiary/aromatic N) is 3. The highest BCUT2D eigenvalue weighted by atomic mass is 19.1. The van der Waals surface area contributed by atoms with Crippen LogP contribution in [0.5, 0.6) is 5.75 Å². The van der Waals surface area contributed by atoms with Crippen molar-refractivity contribution in [1.29, 1.82) is 0 Å². The summed E-state index contributed by atoms with van der Waals surface area (Å²) in [5, 5.41) is 16.8. The number of carboxylic acid groups (broad SMARTS) is 1. The zero-order valence-corrected chi connectivity index (χ0v) is 10.7. The van der Waals surface area contributed by atoms with Crippen LogP contribution in [0.1, 0.15) is 16.2 Å². The Bertz CT molecular complexity index is 816. The summed E-state index contributed by atoms with van der Waals surface area (Å²) < 4.78 is 20.0. The largest absolute Gasteiger partial charge is 0.485 e. The molecule has 106 valence electrons. The quantitative estimate of drug-likeness (QED) is 0.795. The van der Waals surface area contributed by atoms with Crippen LogP contribution in [0.2, 0.25) is 0 Å². The van der Waals surface area contributed by atoms with Crippen LogP contribution in [-0.2, 0) is 6.61 Å². The van der Waals surface area contributed by atoms with Gasteiger partial charge in [0.15, 0.2) is 11.5 Å². The first-order chi connectivity index (χ1) is 10.1. The molecule has 2 heterocycles. The SMILES string of the molecule is O=C(O)c1cccn2c(COc3cccc(F)c3)nnc12. The molecule has 0 aliphatic rings. The van der Waals surface area contributed by atoms with E-state index in [9.17, 15) is 9.18 Å². The van der Waals surface area contributed by atoms with Crippen LogP contribution >= 0.6 is 0 Å². The number of hydrogen-bond acceptors (Lipinski definition) is 4. The van der Waals surface area contributed by atoms with Gasteiger partial charge in [-0.3, -0.25) is 4.40 Å². The number of halogens is 1. The van der Waals surface area contributed by atoms with Crippen molar-refractivity contribution in [2.75, 3.05) is 0 Å². The lowest BCUT2D eigenvalue weighted by atomic mass is 10.3. The second kappa shape index (κ2) is 5.20. The van der Waals surface area contributed by atoms with E-state index < -0.39 is 11.8 Å². The zero-order chi connectivity index (χ0) is 14.8. The maximum Gasteiger partial charge on any atom is 0.339 e. The van der Waals surface area contributed by atoms with Crippen molar-refractivity contribution in [1.82, 2.24) is 14.6 Å². The van der Waals surface area contributed by atoms with Gasteiger partial charge in [-0.25, -0.2) is 9.18 Å². The third-order valence-electron chi connectivity index (χ3n) is 2.90. The average Bonchev–Trinajstić information content (AvgIpc) is 2.88. The topological polar surface area (TPSA) is 76.7 Å². The number of hydrogen-bond donors (Lipinski definition) is 1. The first-order valence-electron chi connectivity index (χ1n) is 6.09. The van der Waals surface area contributed by atoms with Crippen molar-refractivity contribution in [3.05, 3.63) is 59.8 Å². The number of aromatic carboxylic acids is 1. The number of aromatic nitrogens is 3. The van der Waals surface area contributed by atoms with E-state index in [1.54, 1.807) is 18.3 Å². The molecule has 0 atom stereocenters. The first-order valence-corrected chi connectivity index (χ1v) is 6.09. The molecule has 0 amide bonds. The van der Waals surface area contributed by atoms with Gasteiger partial charge in [-0.1, -0.05) is 6.07 Å². The summed E-state index contributed by atoms with van der Waals surface area (Å²) >= 11 is 0. The minimum Gasteiger partial charge on any atom is -0.485 e. The molecule has 0 aliphatic heterocycles. The van der Waals surface area contributed by atoms with E-state index in [2.05, 4.69) is 10.2 Å². The van der Waals surface area contributed by atoms with Gasteiger partial charge in [-0.05, 0) is 24.3 Å². The molecule has 0 fully saturated rings. The second-order valence-corrected chi connectivity index (χ2v) is 4.28. The average molecular weight is 287 g/mol. The summed E-state index contributed by atoms with van der Waals surface area (Å²) in [6, 6.07) is 8.77. The molecule has 1 aromatic carbocycles. The fraction of sp³-hybridized carbons (Fsp3) is 0.0714. The normalized spacial score (nSPS) is 10.7. The van der Waals surface area contributed by atoms with Crippen molar-refractivity contribution in [3.8, 4) is 5.75 Å². The summed E-state index contributed by atoms with van der Waals surface area (Å²) in [5.41, 5.74) is 0.296. The van der Waals surface area contributed by atoms with Crippen molar-refractivity contribution in [2.24, 2.45) is 0 Å². The summed E-state index contributed by atoms with van der Waals surface area (Å²) in [5.74, 6) is -0.684. The number of carbonyl (C=O) groups is 1. The van der Waals surface area contributed by atoms with E-state index in [-0.39, 0.29) is 17.8 Å². The van der Waals surface area contributed by atoms with Gasteiger partial charge < -0.3 is 9.84 Å². The maximum atomic E-state index is 13.0. The van der Waals surface area contributed by atoms with E-state index in [4.69, 9.17) is 9.84 Å². The zero-order valence-electron chi connectivity index (χ0n) is 10.7. The summed E-state index contributed by atoms with van der Waals surface area (Å²) in [7, 11) is 0. The molecule has 0 aliphatic carbocycles.